The molecule has 4 nitrogen and oxygen atoms in total. The van der Waals surface area contributed by atoms with Crippen LogP contribution < -0.4 is 0 Å². The summed E-state index contributed by atoms with van der Waals surface area (Å²) in [4.78, 5) is 0. The van der Waals surface area contributed by atoms with E-state index in [0.717, 1.165) is 76.9 Å². The molecule has 0 aliphatic heterocycles. The lowest BCUT2D eigenvalue weighted by Crippen LogP contribution is -2.10. The third-order valence-corrected chi connectivity index (χ3v) is 24.7. The van der Waals surface area contributed by atoms with Crippen LogP contribution in [0.25, 0.3) is 241 Å². The van der Waals surface area contributed by atoms with E-state index < -0.39 is 121 Å². The first-order valence-corrected chi connectivity index (χ1v) is 40.3. The molecule has 0 bridgehead atoms. The molecule has 4 heteroatoms. The molecule has 572 valence electrons. The first-order valence-electron chi connectivity index (χ1n) is 50.3. The van der Waals surface area contributed by atoms with E-state index in [0.29, 0.717) is 53.9 Å². The largest absolute Gasteiger partial charge is 0.455 e. The first kappa shape index (κ1) is 53.1. The van der Waals surface area contributed by atoms with Gasteiger partial charge in [0, 0.05) is 86.2 Å². The molecule has 24 aromatic rings. The van der Waals surface area contributed by atoms with Gasteiger partial charge in [0.05, 0.1) is 27.4 Å². The monoisotopic (exact) mass is 1560 g/mol. The highest BCUT2D eigenvalue weighted by Gasteiger charge is 2.30. The smallest absolute Gasteiger partial charge is 0.143 e. The van der Waals surface area contributed by atoms with Crippen LogP contribution in [0.2, 0.25) is 0 Å². The van der Waals surface area contributed by atoms with Crippen LogP contribution in [0.1, 0.15) is 102 Å². The topological polar surface area (TPSA) is 52.6 Å². The van der Waals surface area contributed by atoms with Crippen molar-refractivity contribution < 1.29 is 45.1 Å². The van der Waals surface area contributed by atoms with Crippen molar-refractivity contribution in [1.82, 2.24) is 0 Å². The summed E-state index contributed by atoms with van der Waals surface area (Å²) in [5.74, 6) is 0. The molecule has 0 radical (unpaired) electrons. The number of furan rings is 4. The van der Waals surface area contributed by atoms with E-state index in [1.807, 2.05) is 0 Å². The van der Waals surface area contributed by atoms with E-state index in [1.165, 1.54) is 89.3 Å². The Morgan fingerprint density at radius 1 is 0.217 bits per heavy atom. The summed E-state index contributed by atoms with van der Waals surface area (Å²) < 4.78 is 201. The van der Waals surface area contributed by atoms with E-state index in [4.69, 9.17) is 39.6 Å². The number of fused-ring (bicyclic) bond motifs is 16. The summed E-state index contributed by atoms with van der Waals surface area (Å²) in [5.41, 5.74) is 22.0. The SMILES string of the molecule is Cc1cccc(C)c1-c1cccc(-c2cc3cc4c5cc(C(C)(C)C)ccc5oc4c4c(-c5cccc(-c6c(C)cccc6C)c5)cc5cc6c7cc(C(C)(C)C)ccc7oc6c2c5c34)c1.[2H]c1c([2H])c([2H])c(-c2ccc3c(c2)oc2c3cc3c(-c4c([2H])c([2H])c([2H])c([2H])c4[2H])cc4c5oc6cc(-c7c([2H])c([2H])c([2H])c([2H])c7[2H])ccc6c5cc5c(-c6c([2H])c([2H])c([2H])c([2H])c6[2H])cc2c3c54)c([2H])c1[2H]. The van der Waals surface area contributed by atoms with Crippen LogP contribution >= 0.6 is 0 Å². The molecule has 4 aromatic heterocycles. The van der Waals surface area contributed by atoms with Gasteiger partial charge in [-0.15, -0.1) is 0 Å². The van der Waals surface area contributed by atoms with E-state index in [1.54, 1.807) is 48.5 Å². The van der Waals surface area contributed by atoms with E-state index in [9.17, 15) is 5.48 Å². The number of hydrogen-bond acceptors (Lipinski definition) is 4. The van der Waals surface area contributed by atoms with Crippen molar-refractivity contribution >= 4 is 152 Å². The molecule has 0 saturated carbocycles. The summed E-state index contributed by atoms with van der Waals surface area (Å²) in [6, 6.07) is 60.1. The lowest BCUT2D eigenvalue weighted by Gasteiger charge is -2.20. The Labute approximate surface area is 723 Å². The molecular formula is C116H84O4. The molecule has 4 heterocycles. The van der Waals surface area contributed by atoms with Crippen molar-refractivity contribution in [2.24, 2.45) is 0 Å². The fraction of sp³-hybridized carbons (Fsp3) is 0.103. The van der Waals surface area contributed by atoms with Gasteiger partial charge in [-0.3, -0.25) is 0 Å². The van der Waals surface area contributed by atoms with Crippen molar-refractivity contribution in [3.8, 4) is 89.0 Å². The minimum Gasteiger partial charge on any atom is -0.455 e. The van der Waals surface area contributed by atoms with Crippen LogP contribution in [0.15, 0.2) is 345 Å². The predicted molar refractivity (Wildman–Crippen MR) is 509 cm³/mol. The van der Waals surface area contributed by atoms with Gasteiger partial charge < -0.3 is 17.7 Å². The maximum Gasteiger partial charge on any atom is 0.143 e. The normalized spacial score (nSPS) is 14.8. The maximum absolute atomic E-state index is 9.24. The summed E-state index contributed by atoms with van der Waals surface area (Å²) in [6.07, 6.45) is 0. The van der Waals surface area contributed by atoms with Gasteiger partial charge >= 0.3 is 0 Å². The first-order chi connectivity index (χ1) is 66.7. The Balaban J connectivity index is 0.000000157. The second kappa shape index (κ2) is 26.6. The fourth-order valence-corrected chi connectivity index (χ4v) is 19.0. The van der Waals surface area contributed by atoms with E-state index >= 15 is 0 Å². The number of benzene rings is 20. The summed E-state index contributed by atoms with van der Waals surface area (Å²) in [5, 5.41) is 15.5. The Kier molecular flexibility index (Phi) is 11.8. The van der Waals surface area contributed by atoms with Gasteiger partial charge in [0.2, 0.25) is 0 Å². The third kappa shape index (κ3) is 11.1. The maximum atomic E-state index is 9.24. The van der Waals surface area contributed by atoms with Crippen LogP contribution in [0, 0.1) is 27.7 Å². The molecule has 0 N–H and O–H groups in total. The Morgan fingerprint density at radius 2 is 0.567 bits per heavy atom. The predicted octanol–water partition coefficient (Wildman–Crippen LogP) is 33.9. The van der Waals surface area contributed by atoms with Crippen LogP contribution in [-0.2, 0) is 10.8 Å². The molecule has 24 rings (SSSR count). The molecule has 0 amide bonds. The molecule has 0 unspecified atom stereocenters. The Bertz CT molecular complexity index is 9010. The molecular weight excluding hydrogens is 1460 g/mol. The second-order valence-electron chi connectivity index (χ2n) is 34.0. The van der Waals surface area contributed by atoms with Crippen molar-refractivity contribution in [3.63, 3.8) is 0 Å². The number of aryl methyl sites for hydroxylation is 4. The molecule has 0 aliphatic carbocycles. The lowest BCUT2D eigenvalue weighted by atomic mass is 9.82. The van der Waals surface area contributed by atoms with Gasteiger partial charge in [0.25, 0.3) is 0 Å². The average molecular weight is 1560 g/mol. The van der Waals surface area contributed by atoms with Crippen LogP contribution in [0.5, 0.6) is 0 Å². The van der Waals surface area contributed by atoms with Gasteiger partial charge in [0.1, 0.15) is 44.7 Å². The Morgan fingerprint density at radius 3 is 0.950 bits per heavy atom. The van der Waals surface area contributed by atoms with Gasteiger partial charge in [0.15, 0.2) is 0 Å². The standard InChI is InChI=1S/C64H54O2.C52H30O2/c1-35-15-11-16-36(2)55(35)41-21-13-19-39(27-41)47-29-43-31-52-50-34-46(64(8,9)10)24-26-54(50)66-62(52)60-48(40-20-14-22-42(28-40)56-37(3)17-12-18-38(56)4)30-44-32-51-49-33-45(63(5,6)7)23-25-53(49)65-61(51)59(47)57(44)58(43)60;1-5-13-31(14-6-1)35-21-23-37-43-29-41-40(34-19-11-4-12-20-34)28-46-50-42(30-44-38-24-22-36(26-48(38)54-52(44)46)32-15-7-2-8-16-32)39(33-17-9-3-10-18-33)27-45(49(41)50)51(43)53-47(37)25-35/h11-34H,1-10H3;1-30H/i;1D,2D,3D,4D,5D,6D,7D,8D,9D,10D,11D,12D,13D,14D,15D,16D,17D,18D,19D,20D. The van der Waals surface area contributed by atoms with Crippen molar-refractivity contribution in [2.45, 2.75) is 80.1 Å². The summed E-state index contributed by atoms with van der Waals surface area (Å²) in [7, 11) is 0. The highest BCUT2D eigenvalue weighted by atomic mass is 16.3. The van der Waals surface area contributed by atoms with Crippen LogP contribution in [0.3, 0.4) is 0 Å². The fourth-order valence-electron chi connectivity index (χ4n) is 19.0. The Hall–Kier alpha value is -14.3. The molecule has 0 spiro atoms. The van der Waals surface area contributed by atoms with Crippen molar-refractivity contribution in [2.75, 3.05) is 0 Å². The number of rotatable bonds is 8. The highest BCUT2D eigenvalue weighted by molar-refractivity contribution is 6.41. The second-order valence-corrected chi connectivity index (χ2v) is 34.0. The average Bonchev–Trinajstić information content (AvgIpc) is 1.40. The van der Waals surface area contributed by atoms with Crippen LogP contribution in [-0.4, -0.2) is 0 Å². The third-order valence-electron chi connectivity index (χ3n) is 24.7. The van der Waals surface area contributed by atoms with Gasteiger partial charge in [-0.1, -0.05) is 259 Å². The van der Waals surface area contributed by atoms with Crippen LogP contribution in [0.4, 0.5) is 0 Å². The molecule has 0 atom stereocenters. The summed E-state index contributed by atoms with van der Waals surface area (Å²) in [6.45, 7) is 22.6. The molecule has 0 saturated heterocycles. The molecule has 120 heavy (non-hydrogen) atoms. The quantitative estimate of drug-likeness (QED) is 0.142. The van der Waals surface area contributed by atoms with Gasteiger partial charge in [-0.25, -0.2) is 0 Å². The van der Waals surface area contributed by atoms with Gasteiger partial charge in [-0.2, -0.15) is 0 Å². The highest BCUT2D eigenvalue weighted by Crippen LogP contribution is 2.56. The van der Waals surface area contributed by atoms with Gasteiger partial charge in [-0.05, 0) is 292 Å². The molecule has 20 aromatic carbocycles. The van der Waals surface area contributed by atoms with E-state index in [-0.39, 0.29) is 77.7 Å². The minimum atomic E-state index is -0.628. The van der Waals surface area contributed by atoms with E-state index in [2.05, 4.69) is 215 Å². The number of hydrogen-bond donors (Lipinski definition) is 0. The lowest BCUT2D eigenvalue weighted by molar-refractivity contribution is 0.590. The molecule has 0 fully saturated rings. The van der Waals surface area contributed by atoms with Crippen molar-refractivity contribution in [1.29, 1.82) is 0 Å². The summed E-state index contributed by atoms with van der Waals surface area (Å²) >= 11 is 0. The zero-order valence-corrected chi connectivity index (χ0v) is 67.3. The van der Waals surface area contributed by atoms with Crippen molar-refractivity contribution in [3.05, 3.63) is 360 Å². The zero-order valence-electron chi connectivity index (χ0n) is 87.3. The zero-order chi connectivity index (χ0) is 98.3. The molecule has 0 aliphatic rings. The minimum absolute atomic E-state index is 0.0214.